The van der Waals surface area contributed by atoms with E-state index in [0.29, 0.717) is 6.61 Å². The molecular formula is C26H50O5. The van der Waals surface area contributed by atoms with Gasteiger partial charge in [0.25, 0.3) is 0 Å². The summed E-state index contributed by atoms with van der Waals surface area (Å²) in [7, 11) is 0. The molecule has 2 N–H and O–H groups in total. The summed E-state index contributed by atoms with van der Waals surface area (Å²) in [6, 6.07) is 0. The smallest absolute Gasteiger partial charge is 0.333 e. The second-order valence-corrected chi connectivity index (χ2v) is 9.01. The van der Waals surface area contributed by atoms with Crippen LogP contribution in [0.3, 0.4) is 0 Å². The van der Waals surface area contributed by atoms with E-state index in [9.17, 15) is 9.59 Å². The minimum absolute atomic E-state index is 0.323. The number of rotatable bonds is 25. The Kier molecular flexibility index (Phi) is 22.7. The zero-order valence-corrected chi connectivity index (χ0v) is 20.3. The lowest BCUT2D eigenvalue weighted by atomic mass is 10.0. The zero-order chi connectivity index (χ0) is 23.0. The molecule has 184 valence electrons. The van der Waals surface area contributed by atoms with Gasteiger partial charge in [-0.2, -0.15) is 0 Å². The molecule has 0 aliphatic carbocycles. The van der Waals surface area contributed by atoms with Gasteiger partial charge in [-0.1, -0.05) is 129 Å². The summed E-state index contributed by atoms with van der Waals surface area (Å²) in [5, 5.41) is 17.6. The Morgan fingerprint density at radius 2 is 0.903 bits per heavy atom. The van der Waals surface area contributed by atoms with Crippen molar-refractivity contribution in [1.82, 2.24) is 0 Å². The third-order valence-electron chi connectivity index (χ3n) is 5.95. The molecule has 0 heterocycles. The number of aliphatic carboxylic acids is 2. The SMILES string of the molecule is CCCCCCCCCCCCCCCCCCCCCCOC(CC(=O)O)C(=O)O. The van der Waals surface area contributed by atoms with Crippen LogP contribution in [0.15, 0.2) is 0 Å². The standard InChI is InChI=1S/C26H50O5/c1-2-3-4-5-6-7-8-9-10-11-12-13-14-15-16-17-18-19-20-21-22-31-24(26(29)30)23-25(27)28/h24H,2-23H2,1H3,(H,27,28)(H,29,30). The molecule has 31 heavy (non-hydrogen) atoms. The highest BCUT2D eigenvalue weighted by molar-refractivity contribution is 5.79. The molecule has 0 aliphatic heterocycles. The average molecular weight is 443 g/mol. The number of ether oxygens (including phenoxy) is 1. The maximum Gasteiger partial charge on any atom is 0.333 e. The van der Waals surface area contributed by atoms with Crippen molar-refractivity contribution in [3.05, 3.63) is 0 Å². The molecule has 1 atom stereocenters. The Morgan fingerprint density at radius 1 is 0.581 bits per heavy atom. The summed E-state index contributed by atoms with van der Waals surface area (Å²) in [5.41, 5.74) is 0. The van der Waals surface area contributed by atoms with E-state index in [4.69, 9.17) is 14.9 Å². The third-order valence-corrected chi connectivity index (χ3v) is 5.95. The van der Waals surface area contributed by atoms with Crippen molar-refractivity contribution in [2.24, 2.45) is 0 Å². The summed E-state index contributed by atoms with van der Waals surface area (Å²) >= 11 is 0. The molecule has 0 aliphatic rings. The Hall–Kier alpha value is -1.10. The van der Waals surface area contributed by atoms with Crippen LogP contribution >= 0.6 is 0 Å². The van der Waals surface area contributed by atoms with Gasteiger partial charge in [-0.25, -0.2) is 4.79 Å². The van der Waals surface area contributed by atoms with Gasteiger partial charge in [-0.3, -0.25) is 4.79 Å². The summed E-state index contributed by atoms with van der Waals surface area (Å²) in [5.74, 6) is -2.34. The number of unbranched alkanes of at least 4 members (excludes halogenated alkanes) is 19. The van der Waals surface area contributed by atoms with Gasteiger partial charge in [0, 0.05) is 6.61 Å². The van der Waals surface area contributed by atoms with Crippen molar-refractivity contribution in [2.45, 2.75) is 148 Å². The minimum Gasteiger partial charge on any atom is -0.481 e. The molecule has 0 aromatic rings. The predicted molar refractivity (Wildman–Crippen MR) is 128 cm³/mol. The Balaban J connectivity index is 3.20. The molecular weight excluding hydrogens is 392 g/mol. The highest BCUT2D eigenvalue weighted by Gasteiger charge is 2.21. The molecule has 0 radical (unpaired) electrons. The van der Waals surface area contributed by atoms with Crippen molar-refractivity contribution in [3.63, 3.8) is 0 Å². The number of hydrogen-bond donors (Lipinski definition) is 2. The molecule has 0 spiro atoms. The fraction of sp³-hybridized carbons (Fsp3) is 0.923. The highest BCUT2D eigenvalue weighted by atomic mass is 16.5. The van der Waals surface area contributed by atoms with Crippen LogP contribution in [0.25, 0.3) is 0 Å². The Labute approximate surface area is 191 Å². The number of carbonyl (C=O) groups is 2. The number of carboxylic acids is 2. The summed E-state index contributed by atoms with van der Waals surface area (Å²) < 4.78 is 5.17. The lowest BCUT2D eigenvalue weighted by molar-refractivity contribution is -0.156. The second kappa shape index (κ2) is 23.6. The first kappa shape index (κ1) is 29.9. The van der Waals surface area contributed by atoms with Gasteiger partial charge >= 0.3 is 11.9 Å². The summed E-state index contributed by atoms with van der Waals surface area (Å²) in [4.78, 5) is 21.5. The van der Waals surface area contributed by atoms with Gasteiger partial charge in [-0.05, 0) is 6.42 Å². The van der Waals surface area contributed by atoms with E-state index in [2.05, 4.69) is 6.92 Å². The molecule has 0 saturated carbocycles. The molecule has 5 heteroatoms. The predicted octanol–water partition coefficient (Wildman–Crippen LogP) is 7.75. The van der Waals surface area contributed by atoms with Gasteiger partial charge < -0.3 is 14.9 Å². The van der Waals surface area contributed by atoms with E-state index in [1.54, 1.807) is 0 Å². The first-order chi connectivity index (χ1) is 15.1. The monoisotopic (exact) mass is 442 g/mol. The van der Waals surface area contributed by atoms with Crippen molar-refractivity contribution in [3.8, 4) is 0 Å². The first-order valence-corrected chi connectivity index (χ1v) is 13.1. The third kappa shape index (κ3) is 23.4. The fourth-order valence-corrected chi connectivity index (χ4v) is 3.96. The van der Waals surface area contributed by atoms with Crippen LogP contribution in [0.5, 0.6) is 0 Å². The lowest BCUT2D eigenvalue weighted by Crippen LogP contribution is -2.27. The molecule has 0 aromatic carbocycles. The van der Waals surface area contributed by atoms with Crippen LogP contribution in [0.1, 0.15) is 142 Å². The topological polar surface area (TPSA) is 83.8 Å². The van der Waals surface area contributed by atoms with Gasteiger partial charge in [-0.15, -0.1) is 0 Å². The largest absolute Gasteiger partial charge is 0.481 e. The van der Waals surface area contributed by atoms with E-state index in [1.807, 2.05) is 0 Å². The van der Waals surface area contributed by atoms with E-state index >= 15 is 0 Å². The highest BCUT2D eigenvalue weighted by Crippen LogP contribution is 2.15. The maximum absolute atomic E-state index is 10.9. The van der Waals surface area contributed by atoms with Crippen LogP contribution in [-0.4, -0.2) is 34.9 Å². The van der Waals surface area contributed by atoms with Crippen LogP contribution in [0, 0.1) is 0 Å². The van der Waals surface area contributed by atoms with Gasteiger partial charge in [0.15, 0.2) is 6.10 Å². The average Bonchev–Trinajstić information content (AvgIpc) is 2.73. The van der Waals surface area contributed by atoms with E-state index < -0.39 is 24.5 Å². The van der Waals surface area contributed by atoms with Crippen LogP contribution in [0.4, 0.5) is 0 Å². The van der Waals surface area contributed by atoms with Crippen molar-refractivity contribution >= 4 is 11.9 Å². The lowest BCUT2D eigenvalue weighted by Gasteiger charge is -2.11. The molecule has 5 nitrogen and oxygen atoms in total. The first-order valence-electron chi connectivity index (χ1n) is 13.1. The van der Waals surface area contributed by atoms with Crippen LogP contribution in [-0.2, 0) is 14.3 Å². The molecule has 0 aromatic heterocycles. The van der Waals surface area contributed by atoms with E-state index in [0.717, 1.165) is 19.3 Å². The summed E-state index contributed by atoms with van der Waals surface area (Å²) in [6.07, 6.45) is 24.7. The quantitative estimate of drug-likeness (QED) is 0.141. The van der Waals surface area contributed by atoms with Crippen molar-refractivity contribution < 1.29 is 24.5 Å². The fourth-order valence-electron chi connectivity index (χ4n) is 3.96. The zero-order valence-electron chi connectivity index (χ0n) is 20.3. The summed E-state index contributed by atoms with van der Waals surface area (Å²) in [6.45, 7) is 2.60. The molecule has 0 saturated heterocycles. The normalized spacial score (nSPS) is 12.2. The van der Waals surface area contributed by atoms with Crippen molar-refractivity contribution in [1.29, 1.82) is 0 Å². The molecule has 0 rings (SSSR count). The number of carboxylic acid groups (broad SMARTS) is 2. The van der Waals surface area contributed by atoms with E-state index in [-0.39, 0.29) is 0 Å². The van der Waals surface area contributed by atoms with Crippen LogP contribution in [0.2, 0.25) is 0 Å². The number of hydrogen-bond acceptors (Lipinski definition) is 3. The van der Waals surface area contributed by atoms with E-state index in [1.165, 1.54) is 109 Å². The minimum atomic E-state index is -1.22. The van der Waals surface area contributed by atoms with Crippen LogP contribution < -0.4 is 0 Å². The molecule has 0 fully saturated rings. The maximum atomic E-state index is 10.9. The Morgan fingerprint density at radius 3 is 1.19 bits per heavy atom. The van der Waals surface area contributed by atoms with Gasteiger partial charge in [0.1, 0.15) is 0 Å². The molecule has 0 bridgehead atoms. The second-order valence-electron chi connectivity index (χ2n) is 9.01. The van der Waals surface area contributed by atoms with Gasteiger partial charge in [0.05, 0.1) is 6.42 Å². The Bertz CT molecular complexity index is 411. The van der Waals surface area contributed by atoms with Crippen molar-refractivity contribution in [2.75, 3.05) is 6.61 Å². The molecule has 1 unspecified atom stereocenters. The van der Waals surface area contributed by atoms with Gasteiger partial charge in [0.2, 0.25) is 0 Å². The molecule has 0 amide bonds.